The van der Waals surface area contributed by atoms with Crippen LogP contribution in [0.1, 0.15) is 142 Å². The molecule has 0 aliphatic rings. The highest BCUT2D eigenvalue weighted by molar-refractivity contribution is 7.47. The molecule has 3 atom stereocenters. The molecule has 0 heterocycles. The average molecular weight is 806 g/mol. The summed E-state index contributed by atoms with van der Waals surface area (Å²) in [5, 5.41) is 8.87. The lowest BCUT2D eigenvalue weighted by Crippen LogP contribution is -2.34. The summed E-state index contributed by atoms with van der Waals surface area (Å²) in [5.74, 6) is -2.49. The minimum Gasteiger partial charge on any atom is -0.480 e. The molecule has 0 fully saturated rings. The Bertz CT molecular complexity index is 1270. The van der Waals surface area contributed by atoms with Crippen molar-refractivity contribution in [2.24, 2.45) is 5.73 Å². The molecule has 0 aromatic rings. The molecule has 4 N–H and O–H groups in total. The Balaban J connectivity index is 4.45. The van der Waals surface area contributed by atoms with Crippen LogP contribution >= 0.6 is 7.82 Å². The maximum Gasteiger partial charge on any atom is 0.472 e. The summed E-state index contributed by atoms with van der Waals surface area (Å²) in [6.45, 7) is 2.53. The number of aliphatic carboxylic acids is 1. The van der Waals surface area contributed by atoms with Crippen molar-refractivity contribution in [3.63, 3.8) is 0 Å². The van der Waals surface area contributed by atoms with Crippen LogP contribution in [0.4, 0.5) is 0 Å². The van der Waals surface area contributed by atoms with Crippen LogP contribution in [-0.4, -0.2) is 59.9 Å². The Kier molecular flexibility index (Phi) is 36.2. The molecular formula is C44H72NO10P. The lowest BCUT2D eigenvalue weighted by Gasteiger charge is -2.20. The van der Waals surface area contributed by atoms with Crippen molar-refractivity contribution < 1.29 is 47.5 Å². The zero-order valence-electron chi connectivity index (χ0n) is 34.2. The second-order valence-electron chi connectivity index (χ2n) is 13.5. The predicted octanol–water partition coefficient (Wildman–Crippen LogP) is 10.7. The fraction of sp³-hybridized carbons (Fsp3) is 0.614. The first-order valence-electron chi connectivity index (χ1n) is 20.7. The minimum atomic E-state index is -4.74. The maximum absolute atomic E-state index is 12.5. The highest BCUT2D eigenvalue weighted by atomic mass is 31.2. The van der Waals surface area contributed by atoms with E-state index >= 15 is 0 Å². The largest absolute Gasteiger partial charge is 0.480 e. The number of carboxylic acids is 1. The fourth-order valence-corrected chi connectivity index (χ4v) is 5.80. The summed E-state index contributed by atoms with van der Waals surface area (Å²) < 4.78 is 32.5. The van der Waals surface area contributed by atoms with Gasteiger partial charge in [0.15, 0.2) is 6.10 Å². The molecule has 318 valence electrons. The number of carboxylic acid groups (broad SMARTS) is 1. The third-order valence-electron chi connectivity index (χ3n) is 8.28. The smallest absolute Gasteiger partial charge is 0.472 e. The number of phosphoric ester groups is 1. The van der Waals surface area contributed by atoms with Gasteiger partial charge in [0.25, 0.3) is 0 Å². The minimum absolute atomic E-state index is 0.0597. The van der Waals surface area contributed by atoms with Gasteiger partial charge in [0.2, 0.25) is 0 Å². The van der Waals surface area contributed by atoms with Gasteiger partial charge >= 0.3 is 25.7 Å². The zero-order valence-corrected chi connectivity index (χ0v) is 35.1. The number of allylic oxidation sites excluding steroid dienone is 14. The molecule has 0 bridgehead atoms. The lowest BCUT2D eigenvalue weighted by atomic mass is 10.1. The Morgan fingerprint density at radius 3 is 1.57 bits per heavy atom. The number of carbonyl (C=O) groups excluding carboxylic acids is 2. The Morgan fingerprint density at radius 2 is 1.02 bits per heavy atom. The van der Waals surface area contributed by atoms with Gasteiger partial charge in [0.05, 0.1) is 13.2 Å². The van der Waals surface area contributed by atoms with Gasteiger partial charge < -0.3 is 25.2 Å². The predicted molar refractivity (Wildman–Crippen MR) is 226 cm³/mol. The summed E-state index contributed by atoms with van der Waals surface area (Å²) in [4.78, 5) is 45.8. The summed E-state index contributed by atoms with van der Waals surface area (Å²) >= 11 is 0. The van der Waals surface area contributed by atoms with Crippen LogP contribution in [0.5, 0.6) is 0 Å². The Hall–Kier alpha value is -3.34. The van der Waals surface area contributed by atoms with Crippen molar-refractivity contribution in [3.8, 4) is 0 Å². The first-order chi connectivity index (χ1) is 27.1. The number of hydrogen-bond donors (Lipinski definition) is 3. The quantitative estimate of drug-likeness (QED) is 0.0236. The van der Waals surface area contributed by atoms with E-state index in [1.54, 1.807) is 0 Å². The van der Waals surface area contributed by atoms with Crippen LogP contribution in [0.3, 0.4) is 0 Å². The molecule has 0 spiro atoms. The van der Waals surface area contributed by atoms with Crippen molar-refractivity contribution in [2.75, 3.05) is 19.8 Å². The van der Waals surface area contributed by atoms with E-state index in [1.807, 2.05) is 54.7 Å². The van der Waals surface area contributed by atoms with E-state index in [0.717, 1.165) is 32.1 Å². The molecule has 0 aliphatic heterocycles. The molecule has 0 amide bonds. The van der Waals surface area contributed by atoms with E-state index in [9.17, 15) is 23.8 Å². The van der Waals surface area contributed by atoms with Crippen molar-refractivity contribution in [1.82, 2.24) is 0 Å². The first-order valence-corrected chi connectivity index (χ1v) is 22.2. The number of esters is 2. The van der Waals surface area contributed by atoms with Crippen LogP contribution in [0.25, 0.3) is 0 Å². The van der Waals surface area contributed by atoms with Crippen molar-refractivity contribution in [3.05, 3.63) is 85.1 Å². The monoisotopic (exact) mass is 805 g/mol. The SMILES string of the molecule is CC/C=C/C=C/C=C/C=C/C=C/CCCC(=O)OC(COC(=O)CCCCCCCCCCCC/C=C/C=C/CCCCC)COP(=O)(O)OC[C@@H](N)C(=O)O. The number of rotatable bonds is 37. The Morgan fingerprint density at radius 1 is 0.571 bits per heavy atom. The third-order valence-corrected chi connectivity index (χ3v) is 9.23. The molecule has 0 aromatic carbocycles. The molecule has 0 radical (unpaired) electrons. The van der Waals surface area contributed by atoms with Crippen LogP contribution in [0, 0.1) is 0 Å². The number of nitrogens with two attached hydrogens (primary N) is 1. The number of hydrogen-bond acceptors (Lipinski definition) is 9. The van der Waals surface area contributed by atoms with Crippen LogP contribution < -0.4 is 5.73 Å². The second kappa shape index (κ2) is 38.5. The molecule has 0 saturated carbocycles. The van der Waals surface area contributed by atoms with Crippen LogP contribution in [-0.2, 0) is 37.5 Å². The molecule has 11 nitrogen and oxygen atoms in total. The molecular weight excluding hydrogens is 733 g/mol. The number of phosphoric acid groups is 1. The molecule has 56 heavy (non-hydrogen) atoms. The summed E-state index contributed by atoms with van der Waals surface area (Å²) in [6.07, 6.45) is 46.7. The highest BCUT2D eigenvalue weighted by Crippen LogP contribution is 2.43. The topological polar surface area (TPSA) is 172 Å². The summed E-state index contributed by atoms with van der Waals surface area (Å²) in [6, 6.07) is -1.54. The van der Waals surface area contributed by atoms with Gasteiger partial charge in [-0.25, -0.2) is 4.57 Å². The lowest BCUT2D eigenvalue weighted by molar-refractivity contribution is -0.161. The van der Waals surface area contributed by atoms with Gasteiger partial charge in [-0.05, 0) is 51.4 Å². The van der Waals surface area contributed by atoms with E-state index in [-0.39, 0.29) is 19.4 Å². The molecule has 2 unspecified atom stereocenters. The molecule has 0 aromatic heterocycles. The molecule has 12 heteroatoms. The molecule has 0 aliphatic carbocycles. The number of carbonyl (C=O) groups is 3. The fourth-order valence-electron chi connectivity index (χ4n) is 5.03. The van der Waals surface area contributed by atoms with Gasteiger partial charge in [0.1, 0.15) is 12.6 Å². The van der Waals surface area contributed by atoms with E-state index in [4.69, 9.17) is 24.8 Å². The molecule has 0 saturated heterocycles. The average Bonchev–Trinajstić information content (AvgIpc) is 3.17. The normalized spacial score (nSPS) is 14.6. The second-order valence-corrected chi connectivity index (χ2v) is 15.0. The van der Waals surface area contributed by atoms with Gasteiger partial charge in [-0.1, -0.05) is 163 Å². The summed E-state index contributed by atoms with van der Waals surface area (Å²) in [5.41, 5.74) is 5.32. The third kappa shape index (κ3) is 37.6. The van der Waals surface area contributed by atoms with Crippen molar-refractivity contribution >= 4 is 25.7 Å². The zero-order chi connectivity index (χ0) is 41.4. The van der Waals surface area contributed by atoms with E-state index < -0.39 is 51.1 Å². The van der Waals surface area contributed by atoms with E-state index in [2.05, 4.69) is 48.8 Å². The van der Waals surface area contributed by atoms with Crippen molar-refractivity contribution in [1.29, 1.82) is 0 Å². The number of ether oxygens (including phenoxy) is 2. The van der Waals surface area contributed by atoms with Crippen molar-refractivity contribution in [2.45, 2.75) is 154 Å². The van der Waals surface area contributed by atoms with Crippen LogP contribution in [0.15, 0.2) is 85.1 Å². The standard InChI is InChI=1S/C44H72NO10P/c1-3-5-7-9-11-13-15-17-18-19-20-21-22-24-25-27-29-31-33-35-42(46)52-37-40(38-53-56(50,51)54-39-41(45)44(48)49)55-43(47)36-34-32-30-28-26-23-16-14-12-10-8-6-4-2/h6,8,10-17,23,26,28,30,40-41H,3-5,7,9,18-22,24-25,27,29,31-39,45H2,1-2H3,(H,48,49)(H,50,51)/b8-6+,12-10+,13-11+,16-14+,17-15+,26-23+,30-28+/t40?,41-/m1/s1. The van der Waals surface area contributed by atoms with Gasteiger partial charge in [-0.3, -0.25) is 23.4 Å². The molecule has 0 rings (SSSR count). The van der Waals surface area contributed by atoms with E-state index in [0.29, 0.717) is 19.3 Å². The maximum atomic E-state index is 12.5. The number of unbranched alkanes of at least 4 members (excludes halogenated alkanes) is 14. The van der Waals surface area contributed by atoms with E-state index in [1.165, 1.54) is 64.2 Å². The van der Waals surface area contributed by atoms with Gasteiger partial charge in [-0.2, -0.15) is 0 Å². The first kappa shape index (κ1) is 52.7. The van der Waals surface area contributed by atoms with Gasteiger partial charge in [-0.15, -0.1) is 0 Å². The highest BCUT2D eigenvalue weighted by Gasteiger charge is 2.28. The Labute approximate surface area is 337 Å². The summed E-state index contributed by atoms with van der Waals surface area (Å²) in [7, 11) is -4.74. The van der Waals surface area contributed by atoms with Crippen LogP contribution in [0.2, 0.25) is 0 Å². The van der Waals surface area contributed by atoms with Gasteiger partial charge in [0, 0.05) is 12.8 Å².